The molecule has 0 unspecified atom stereocenters. The Morgan fingerprint density at radius 2 is 1.81 bits per heavy atom. The molecule has 7 nitrogen and oxygen atoms in total. The van der Waals surface area contributed by atoms with Crippen LogP contribution in [0.4, 0.5) is 0 Å². The van der Waals surface area contributed by atoms with E-state index in [0.717, 1.165) is 25.7 Å². The van der Waals surface area contributed by atoms with Crippen molar-refractivity contribution in [1.29, 1.82) is 0 Å². The molecule has 4 rings (SSSR count). The Morgan fingerprint density at radius 3 is 2.56 bits per heavy atom. The van der Waals surface area contributed by atoms with Crippen LogP contribution >= 0.6 is 11.6 Å². The lowest BCUT2D eigenvalue weighted by Gasteiger charge is -2.44. The van der Waals surface area contributed by atoms with Crippen molar-refractivity contribution in [1.82, 2.24) is 9.80 Å². The van der Waals surface area contributed by atoms with Gasteiger partial charge in [-0.3, -0.25) is 9.59 Å². The van der Waals surface area contributed by atoms with E-state index in [2.05, 4.69) is 0 Å². The lowest BCUT2D eigenvalue weighted by Crippen LogP contribution is -2.59. The summed E-state index contributed by atoms with van der Waals surface area (Å²) in [6.45, 7) is 3.74. The fourth-order valence-electron chi connectivity index (χ4n) is 4.86. The zero-order chi connectivity index (χ0) is 22.4. The van der Waals surface area contributed by atoms with Gasteiger partial charge >= 0.3 is 0 Å². The number of nitrogens with zero attached hydrogens (tertiary/aromatic N) is 2. The van der Waals surface area contributed by atoms with Crippen molar-refractivity contribution >= 4 is 23.4 Å². The minimum absolute atomic E-state index is 0.00922. The van der Waals surface area contributed by atoms with Crippen molar-refractivity contribution in [3.05, 3.63) is 29.3 Å². The van der Waals surface area contributed by atoms with E-state index in [1.165, 1.54) is 6.42 Å². The summed E-state index contributed by atoms with van der Waals surface area (Å²) >= 11 is 6.10. The highest BCUT2D eigenvalue weighted by Crippen LogP contribution is 2.30. The third kappa shape index (κ3) is 5.94. The van der Waals surface area contributed by atoms with Crippen LogP contribution in [-0.4, -0.2) is 79.8 Å². The second-order valence-corrected chi connectivity index (χ2v) is 9.48. The summed E-state index contributed by atoms with van der Waals surface area (Å²) in [6.07, 6.45) is 5.50. The Hall–Kier alpha value is -1.83. The molecule has 8 heteroatoms. The van der Waals surface area contributed by atoms with Gasteiger partial charge in [0.2, 0.25) is 11.8 Å². The minimum atomic E-state index is -0.889. The van der Waals surface area contributed by atoms with E-state index < -0.39 is 5.60 Å². The first kappa shape index (κ1) is 23.3. The van der Waals surface area contributed by atoms with Crippen molar-refractivity contribution in [2.45, 2.75) is 44.1 Å². The lowest BCUT2D eigenvalue weighted by molar-refractivity contribution is -0.169. The van der Waals surface area contributed by atoms with Gasteiger partial charge in [-0.15, -0.1) is 0 Å². The lowest BCUT2D eigenvalue weighted by atomic mass is 9.87. The highest BCUT2D eigenvalue weighted by molar-refractivity contribution is 6.30. The highest BCUT2D eigenvalue weighted by Gasteiger charge is 2.43. The van der Waals surface area contributed by atoms with Gasteiger partial charge in [0.05, 0.1) is 32.8 Å². The average Bonchev–Trinajstić information content (AvgIpc) is 2.84. The van der Waals surface area contributed by atoms with Gasteiger partial charge in [-0.05, 0) is 31.0 Å². The van der Waals surface area contributed by atoms with Crippen LogP contribution in [-0.2, 0) is 19.1 Å². The van der Waals surface area contributed by atoms with Crippen molar-refractivity contribution in [2.75, 3.05) is 52.6 Å². The van der Waals surface area contributed by atoms with E-state index in [0.29, 0.717) is 56.8 Å². The van der Waals surface area contributed by atoms with E-state index in [9.17, 15) is 9.59 Å². The van der Waals surface area contributed by atoms with Crippen LogP contribution in [0.1, 0.15) is 38.5 Å². The average molecular weight is 465 g/mol. The van der Waals surface area contributed by atoms with E-state index in [4.69, 9.17) is 25.8 Å². The van der Waals surface area contributed by atoms with E-state index in [1.54, 1.807) is 12.1 Å². The van der Waals surface area contributed by atoms with Crippen molar-refractivity contribution in [2.24, 2.45) is 5.92 Å². The first-order chi connectivity index (χ1) is 15.5. The Bertz CT molecular complexity index is 794. The van der Waals surface area contributed by atoms with Gasteiger partial charge in [0.25, 0.3) is 0 Å². The van der Waals surface area contributed by atoms with Crippen LogP contribution in [0.25, 0.3) is 0 Å². The molecule has 0 bridgehead atoms. The van der Waals surface area contributed by atoms with Crippen LogP contribution in [0.3, 0.4) is 0 Å². The number of ether oxygens (including phenoxy) is 3. The maximum Gasteiger partial charge on any atom is 0.225 e. The number of hydrogen-bond acceptors (Lipinski definition) is 5. The maximum atomic E-state index is 13.2. The summed E-state index contributed by atoms with van der Waals surface area (Å²) in [6, 6.07) is 7.18. The quantitative estimate of drug-likeness (QED) is 0.647. The van der Waals surface area contributed by atoms with Gasteiger partial charge in [-0.2, -0.15) is 0 Å². The molecule has 3 fully saturated rings. The number of hydrogen-bond donors (Lipinski definition) is 0. The minimum Gasteiger partial charge on any atom is -0.490 e. The van der Waals surface area contributed by atoms with Gasteiger partial charge in [0.15, 0.2) is 0 Å². The van der Waals surface area contributed by atoms with Gasteiger partial charge in [-0.25, -0.2) is 0 Å². The van der Waals surface area contributed by atoms with Crippen molar-refractivity contribution in [3.63, 3.8) is 0 Å². The smallest absolute Gasteiger partial charge is 0.225 e. The summed E-state index contributed by atoms with van der Waals surface area (Å²) in [5, 5.41) is 0.583. The van der Waals surface area contributed by atoms with Gasteiger partial charge < -0.3 is 24.0 Å². The van der Waals surface area contributed by atoms with Crippen LogP contribution < -0.4 is 4.74 Å². The molecular formula is C24H33ClN2O5. The third-order valence-electron chi connectivity index (χ3n) is 6.65. The fraction of sp³-hybridized carbons (Fsp3) is 0.667. The van der Waals surface area contributed by atoms with Crippen molar-refractivity contribution in [3.8, 4) is 5.75 Å². The molecule has 0 radical (unpaired) electrons. The predicted molar refractivity (Wildman–Crippen MR) is 121 cm³/mol. The van der Waals surface area contributed by atoms with Crippen LogP contribution in [0.2, 0.25) is 5.02 Å². The highest BCUT2D eigenvalue weighted by atomic mass is 35.5. The molecule has 1 atom stereocenters. The maximum absolute atomic E-state index is 13.2. The number of rotatable bonds is 6. The normalized spacial score (nSPS) is 24.9. The Morgan fingerprint density at radius 1 is 1.06 bits per heavy atom. The number of benzene rings is 1. The molecule has 2 aliphatic heterocycles. The Labute approximate surface area is 194 Å². The molecule has 0 spiro atoms. The molecule has 176 valence electrons. The Kier molecular flexibility index (Phi) is 7.92. The fourth-order valence-corrected chi connectivity index (χ4v) is 5.04. The standard InChI is InChI=1S/C24H33ClN2O5/c25-20-7-4-8-21(15-20)31-18-24(16-22(28)26-9-12-30-13-10-26)17-27(11-14-32-24)23(29)19-5-2-1-3-6-19/h4,7-8,15,19H,1-3,5-6,9-14,16-18H2/t24-/m1/s1. The molecule has 1 aromatic rings. The molecule has 0 aromatic heterocycles. The van der Waals surface area contributed by atoms with E-state index >= 15 is 0 Å². The second kappa shape index (κ2) is 10.9. The SMILES string of the molecule is O=C(C[C@]1(COc2cccc(Cl)c2)CN(C(=O)C2CCCCC2)CCO1)N1CCOCC1. The zero-order valence-corrected chi connectivity index (χ0v) is 19.4. The van der Waals surface area contributed by atoms with Crippen molar-refractivity contribution < 1.29 is 23.8 Å². The third-order valence-corrected chi connectivity index (χ3v) is 6.88. The van der Waals surface area contributed by atoms with Crippen LogP contribution in [0, 0.1) is 5.92 Å². The molecule has 2 saturated heterocycles. The number of carbonyl (C=O) groups excluding carboxylic acids is 2. The van der Waals surface area contributed by atoms with E-state index in [-0.39, 0.29) is 30.8 Å². The predicted octanol–water partition coefficient (Wildman–Crippen LogP) is 3.15. The van der Waals surface area contributed by atoms with Crippen LogP contribution in [0.5, 0.6) is 5.75 Å². The summed E-state index contributed by atoms with van der Waals surface area (Å²) < 4.78 is 17.6. The monoisotopic (exact) mass is 464 g/mol. The van der Waals surface area contributed by atoms with Crippen LogP contribution in [0.15, 0.2) is 24.3 Å². The zero-order valence-electron chi connectivity index (χ0n) is 18.6. The number of halogens is 1. The summed E-state index contributed by atoms with van der Waals surface area (Å²) in [4.78, 5) is 30.1. The van der Waals surface area contributed by atoms with Gasteiger partial charge in [0.1, 0.15) is 18.0 Å². The molecular weight excluding hydrogens is 432 g/mol. The largest absolute Gasteiger partial charge is 0.490 e. The molecule has 2 heterocycles. The van der Waals surface area contributed by atoms with Gasteiger partial charge in [0, 0.05) is 30.6 Å². The number of morpholine rings is 2. The summed E-state index contributed by atoms with van der Waals surface area (Å²) in [5.41, 5.74) is -0.889. The number of amides is 2. The first-order valence-electron chi connectivity index (χ1n) is 11.7. The molecule has 1 aromatic carbocycles. The first-order valence-corrected chi connectivity index (χ1v) is 12.1. The molecule has 1 aliphatic carbocycles. The molecule has 2 amide bonds. The molecule has 0 N–H and O–H groups in total. The molecule has 32 heavy (non-hydrogen) atoms. The Balaban J connectivity index is 1.48. The summed E-state index contributed by atoms with van der Waals surface area (Å²) in [7, 11) is 0. The van der Waals surface area contributed by atoms with Gasteiger partial charge in [-0.1, -0.05) is 36.9 Å². The molecule has 3 aliphatic rings. The topological polar surface area (TPSA) is 68.3 Å². The summed E-state index contributed by atoms with van der Waals surface area (Å²) in [5.74, 6) is 0.910. The van der Waals surface area contributed by atoms with E-state index in [1.807, 2.05) is 21.9 Å². The second-order valence-electron chi connectivity index (χ2n) is 9.04. The molecule has 1 saturated carbocycles. The number of carbonyl (C=O) groups is 2.